The fourth-order valence-corrected chi connectivity index (χ4v) is 1.91. The Bertz CT molecular complexity index is 485. The molecule has 3 amide bonds. The van der Waals surface area contributed by atoms with E-state index in [1.807, 2.05) is 26.0 Å². The van der Waals surface area contributed by atoms with Gasteiger partial charge in [-0.05, 0) is 26.0 Å². The number of carbonyl (C=O) groups is 2. The summed E-state index contributed by atoms with van der Waals surface area (Å²) in [7, 11) is 0. The second-order valence-corrected chi connectivity index (χ2v) is 4.36. The van der Waals surface area contributed by atoms with Crippen LogP contribution in [0.2, 0.25) is 0 Å². The van der Waals surface area contributed by atoms with Crippen molar-refractivity contribution in [3.05, 3.63) is 23.5 Å². The van der Waals surface area contributed by atoms with Gasteiger partial charge in [0.1, 0.15) is 0 Å². The van der Waals surface area contributed by atoms with Gasteiger partial charge in [0.2, 0.25) is 5.91 Å². The Hall–Kier alpha value is -1.91. The van der Waals surface area contributed by atoms with Crippen LogP contribution in [-0.2, 0) is 4.79 Å². The molecule has 1 aromatic rings. The van der Waals surface area contributed by atoms with Crippen molar-refractivity contribution in [3.63, 3.8) is 0 Å². The number of rotatable bonds is 1. The molecule has 0 saturated carbocycles. The summed E-state index contributed by atoms with van der Waals surface area (Å²) in [6.07, 6.45) is 0. The molecule has 1 aliphatic heterocycles. The molecule has 1 saturated heterocycles. The van der Waals surface area contributed by atoms with Crippen molar-refractivity contribution in [2.45, 2.75) is 20.8 Å². The zero-order valence-corrected chi connectivity index (χ0v) is 10.2. The fourth-order valence-electron chi connectivity index (χ4n) is 1.91. The Balaban J connectivity index is 2.33. The summed E-state index contributed by atoms with van der Waals surface area (Å²) < 4.78 is 0. The fraction of sp³-hybridized carbons (Fsp3) is 0.417. The van der Waals surface area contributed by atoms with Gasteiger partial charge in [-0.1, -0.05) is 6.92 Å². The summed E-state index contributed by atoms with van der Waals surface area (Å²) in [6.45, 7) is 5.96. The van der Waals surface area contributed by atoms with E-state index in [4.69, 9.17) is 0 Å². The number of nitrogens with one attached hydrogen (secondary N) is 1. The molecular weight excluding hydrogens is 218 g/mol. The third kappa shape index (κ3) is 2.13. The lowest BCUT2D eigenvalue weighted by Gasteiger charge is -2.31. The maximum Gasteiger partial charge on any atom is 0.328 e. The van der Waals surface area contributed by atoms with Crippen molar-refractivity contribution in [3.8, 4) is 0 Å². The van der Waals surface area contributed by atoms with Crippen LogP contribution in [0.3, 0.4) is 0 Å². The van der Waals surface area contributed by atoms with Crippen LogP contribution in [0.1, 0.15) is 18.3 Å². The third-order valence-corrected chi connectivity index (χ3v) is 2.87. The molecule has 1 aliphatic rings. The third-order valence-electron chi connectivity index (χ3n) is 2.87. The first-order valence-corrected chi connectivity index (χ1v) is 5.55. The van der Waals surface area contributed by atoms with Crippen molar-refractivity contribution in [2.75, 3.05) is 11.4 Å². The van der Waals surface area contributed by atoms with Crippen LogP contribution in [0.4, 0.5) is 10.5 Å². The normalized spacial score (nSPS) is 20.4. The predicted molar refractivity (Wildman–Crippen MR) is 63.8 cm³/mol. The van der Waals surface area contributed by atoms with E-state index < -0.39 is 0 Å². The van der Waals surface area contributed by atoms with E-state index in [2.05, 4.69) is 10.3 Å². The number of amides is 3. The average Bonchev–Trinajstić information content (AvgIpc) is 2.24. The first-order chi connectivity index (χ1) is 7.99. The Morgan fingerprint density at radius 2 is 2.06 bits per heavy atom. The number of anilines is 1. The van der Waals surface area contributed by atoms with E-state index in [1.165, 1.54) is 0 Å². The van der Waals surface area contributed by atoms with Gasteiger partial charge in [0, 0.05) is 12.2 Å². The van der Waals surface area contributed by atoms with Crippen LogP contribution in [0.5, 0.6) is 0 Å². The van der Waals surface area contributed by atoms with E-state index in [0.29, 0.717) is 6.54 Å². The maximum atomic E-state index is 11.8. The highest BCUT2D eigenvalue weighted by molar-refractivity contribution is 6.06. The van der Waals surface area contributed by atoms with Crippen molar-refractivity contribution >= 4 is 17.6 Å². The molecule has 0 spiro atoms. The zero-order valence-electron chi connectivity index (χ0n) is 10.2. The minimum Gasteiger partial charge on any atom is -0.292 e. The van der Waals surface area contributed by atoms with Crippen molar-refractivity contribution in [1.29, 1.82) is 0 Å². The second kappa shape index (κ2) is 4.16. The lowest BCUT2D eigenvalue weighted by atomic mass is 10.1. The highest BCUT2D eigenvalue weighted by Crippen LogP contribution is 2.22. The van der Waals surface area contributed by atoms with Crippen LogP contribution in [0.25, 0.3) is 0 Å². The van der Waals surface area contributed by atoms with Gasteiger partial charge in [0.15, 0.2) is 0 Å². The number of hydrogen-bond acceptors (Lipinski definition) is 3. The Morgan fingerprint density at radius 1 is 1.35 bits per heavy atom. The minimum atomic E-state index is -0.373. The maximum absolute atomic E-state index is 11.8. The number of urea groups is 1. The molecule has 1 atom stereocenters. The highest BCUT2D eigenvalue weighted by atomic mass is 16.2. The summed E-state index contributed by atoms with van der Waals surface area (Å²) >= 11 is 0. The highest BCUT2D eigenvalue weighted by Gasteiger charge is 2.30. The first-order valence-electron chi connectivity index (χ1n) is 5.55. The van der Waals surface area contributed by atoms with Crippen LogP contribution in [-0.4, -0.2) is 23.5 Å². The predicted octanol–water partition coefficient (Wildman–Crippen LogP) is 1.39. The van der Waals surface area contributed by atoms with E-state index >= 15 is 0 Å². The SMILES string of the molecule is Cc1ccc(N2CC(C)C(=O)NC2=O)c(C)n1. The number of pyridine rings is 1. The van der Waals surface area contributed by atoms with E-state index in [9.17, 15) is 9.59 Å². The van der Waals surface area contributed by atoms with Gasteiger partial charge in [0.05, 0.1) is 17.3 Å². The second-order valence-electron chi connectivity index (χ2n) is 4.36. The van der Waals surface area contributed by atoms with E-state index in [-0.39, 0.29) is 17.9 Å². The number of aromatic nitrogens is 1. The number of carbonyl (C=O) groups excluding carboxylic acids is 2. The lowest BCUT2D eigenvalue weighted by molar-refractivity contribution is -0.123. The monoisotopic (exact) mass is 233 g/mol. The molecule has 5 heteroatoms. The Morgan fingerprint density at radius 3 is 2.71 bits per heavy atom. The molecule has 1 N–H and O–H groups in total. The van der Waals surface area contributed by atoms with Gasteiger partial charge in [-0.3, -0.25) is 20.0 Å². The number of nitrogens with zero attached hydrogens (tertiary/aromatic N) is 2. The Kier molecular flexibility index (Phi) is 2.83. The smallest absolute Gasteiger partial charge is 0.292 e. The van der Waals surface area contributed by atoms with Gasteiger partial charge in [0.25, 0.3) is 0 Å². The molecule has 1 unspecified atom stereocenters. The van der Waals surface area contributed by atoms with Gasteiger partial charge in [-0.2, -0.15) is 0 Å². The molecule has 5 nitrogen and oxygen atoms in total. The van der Waals surface area contributed by atoms with Gasteiger partial charge < -0.3 is 0 Å². The molecule has 2 rings (SSSR count). The van der Waals surface area contributed by atoms with Gasteiger partial charge in [-0.15, -0.1) is 0 Å². The molecular formula is C12H15N3O2. The number of imide groups is 1. The number of hydrogen-bond donors (Lipinski definition) is 1. The minimum absolute atomic E-state index is 0.201. The summed E-state index contributed by atoms with van der Waals surface area (Å²) in [4.78, 5) is 29.0. The average molecular weight is 233 g/mol. The summed E-state index contributed by atoms with van der Waals surface area (Å²) in [5.74, 6) is -0.419. The van der Waals surface area contributed by atoms with E-state index in [0.717, 1.165) is 17.1 Å². The topological polar surface area (TPSA) is 62.3 Å². The molecule has 17 heavy (non-hydrogen) atoms. The van der Waals surface area contributed by atoms with Crippen LogP contribution in [0, 0.1) is 19.8 Å². The zero-order chi connectivity index (χ0) is 12.6. The van der Waals surface area contributed by atoms with Gasteiger partial charge in [-0.25, -0.2) is 4.79 Å². The molecule has 2 heterocycles. The quantitative estimate of drug-likeness (QED) is 0.797. The number of aryl methyl sites for hydroxylation is 2. The van der Waals surface area contributed by atoms with Crippen molar-refractivity contribution in [2.24, 2.45) is 5.92 Å². The standard InChI is InChI=1S/C12H15N3O2/c1-7-6-15(12(17)14-11(7)16)10-5-4-8(2)13-9(10)3/h4-5,7H,6H2,1-3H3,(H,14,16,17). The lowest BCUT2D eigenvalue weighted by Crippen LogP contribution is -2.54. The summed E-state index contributed by atoms with van der Waals surface area (Å²) in [5, 5.41) is 2.34. The molecule has 0 aliphatic carbocycles. The van der Waals surface area contributed by atoms with Crippen LogP contribution >= 0.6 is 0 Å². The largest absolute Gasteiger partial charge is 0.328 e. The van der Waals surface area contributed by atoms with E-state index in [1.54, 1.807) is 11.8 Å². The van der Waals surface area contributed by atoms with Crippen molar-refractivity contribution in [1.82, 2.24) is 10.3 Å². The summed E-state index contributed by atoms with van der Waals surface area (Å²) in [5.41, 5.74) is 2.46. The molecule has 0 bridgehead atoms. The van der Waals surface area contributed by atoms with Crippen molar-refractivity contribution < 1.29 is 9.59 Å². The molecule has 0 radical (unpaired) electrons. The molecule has 0 aromatic carbocycles. The Labute approximate surface area is 99.8 Å². The molecule has 1 aromatic heterocycles. The summed E-state index contributed by atoms with van der Waals surface area (Å²) in [6, 6.07) is 3.35. The van der Waals surface area contributed by atoms with Crippen LogP contribution in [0.15, 0.2) is 12.1 Å². The molecule has 90 valence electrons. The van der Waals surface area contributed by atoms with Gasteiger partial charge >= 0.3 is 6.03 Å². The molecule has 1 fully saturated rings. The first kappa shape index (κ1) is 11.6. The van der Waals surface area contributed by atoms with Crippen LogP contribution < -0.4 is 10.2 Å².